The van der Waals surface area contributed by atoms with Crippen LogP contribution in [-0.4, -0.2) is 35.3 Å². The first-order chi connectivity index (χ1) is 13.6. The third kappa shape index (κ3) is 3.49. The Hall–Kier alpha value is -2.80. The molecule has 1 fully saturated rings. The maximum absolute atomic E-state index is 12.9. The molecule has 2 aliphatic rings. The molecule has 1 N–H and O–H groups in total. The summed E-state index contributed by atoms with van der Waals surface area (Å²) in [7, 11) is 0. The molecular weight excluding hydrogens is 376 g/mol. The predicted molar refractivity (Wildman–Crippen MR) is 104 cm³/mol. The molecule has 0 aliphatic carbocycles. The average molecular weight is 396 g/mol. The summed E-state index contributed by atoms with van der Waals surface area (Å²) in [5.41, 5.74) is 1.54. The molecule has 28 heavy (non-hydrogen) atoms. The van der Waals surface area contributed by atoms with Crippen molar-refractivity contribution in [2.24, 2.45) is 0 Å². The lowest BCUT2D eigenvalue weighted by Crippen LogP contribution is -2.52. The number of piperidine rings is 1. The van der Waals surface area contributed by atoms with Crippen molar-refractivity contribution < 1.29 is 19.1 Å². The quantitative estimate of drug-likeness (QED) is 0.787. The molecule has 0 saturated carbocycles. The van der Waals surface area contributed by atoms with E-state index >= 15 is 0 Å². The average Bonchev–Trinajstić information content (AvgIpc) is 3.00. The van der Waals surface area contributed by atoms with Gasteiger partial charge in [-0.3, -0.25) is 19.7 Å². The second-order valence-corrected chi connectivity index (χ2v) is 7.81. The first kappa shape index (κ1) is 18.6. The molecule has 0 radical (unpaired) electrons. The van der Waals surface area contributed by atoms with Gasteiger partial charge in [-0.2, -0.15) is 0 Å². The summed E-state index contributed by atoms with van der Waals surface area (Å²) in [5.74, 6) is -0.0248. The number of carbonyl (C=O) groups excluding carboxylic acids is 3. The summed E-state index contributed by atoms with van der Waals surface area (Å²) in [4.78, 5) is 40.1. The summed E-state index contributed by atoms with van der Waals surface area (Å²) < 4.78 is 5.56. The molecule has 4 rings (SSSR count). The summed E-state index contributed by atoms with van der Waals surface area (Å²) in [5, 5.41) is 2.34. The van der Waals surface area contributed by atoms with Gasteiger partial charge in [-0.25, -0.2) is 0 Å². The largest absolute Gasteiger partial charge is 0.494 e. The maximum Gasteiger partial charge on any atom is 0.255 e. The van der Waals surface area contributed by atoms with E-state index in [0.717, 1.165) is 21.1 Å². The van der Waals surface area contributed by atoms with Crippen LogP contribution in [0.1, 0.15) is 35.7 Å². The van der Waals surface area contributed by atoms with Crippen molar-refractivity contribution in [3.05, 3.63) is 53.6 Å². The number of benzene rings is 2. The first-order valence-electron chi connectivity index (χ1n) is 9.24. The highest BCUT2D eigenvalue weighted by atomic mass is 32.2. The molecule has 144 valence electrons. The molecule has 0 aromatic heterocycles. The van der Waals surface area contributed by atoms with E-state index in [-0.39, 0.29) is 18.2 Å². The highest BCUT2D eigenvalue weighted by molar-refractivity contribution is 7.99. The van der Waals surface area contributed by atoms with E-state index < -0.39 is 11.9 Å². The zero-order valence-corrected chi connectivity index (χ0v) is 16.3. The van der Waals surface area contributed by atoms with Crippen LogP contribution in [0.25, 0.3) is 0 Å². The fourth-order valence-electron chi connectivity index (χ4n) is 3.57. The van der Waals surface area contributed by atoms with E-state index in [0.29, 0.717) is 25.1 Å². The van der Waals surface area contributed by atoms with Gasteiger partial charge in [0, 0.05) is 28.3 Å². The molecule has 2 aromatic carbocycles. The van der Waals surface area contributed by atoms with Crippen LogP contribution in [0.15, 0.2) is 52.3 Å². The number of imide groups is 1. The van der Waals surface area contributed by atoms with E-state index in [1.807, 2.05) is 43.3 Å². The standard InChI is InChI=1S/C21H20N2O4S/c1-2-27-13-5-3-6-14(11-13)28-18-8-4-7-15-16(18)12-23(21(15)26)17-9-10-19(24)22-20(17)25/h3-8,11,17H,2,9-10,12H2,1H3,(H,22,24,25). The molecule has 2 aromatic rings. The van der Waals surface area contributed by atoms with Crippen molar-refractivity contribution in [3.8, 4) is 5.75 Å². The molecule has 1 unspecified atom stereocenters. The van der Waals surface area contributed by atoms with E-state index in [1.165, 1.54) is 0 Å². The molecule has 1 atom stereocenters. The summed E-state index contributed by atoms with van der Waals surface area (Å²) in [6, 6.07) is 12.9. The Morgan fingerprint density at radius 2 is 2.00 bits per heavy atom. The minimum absolute atomic E-state index is 0.157. The van der Waals surface area contributed by atoms with Crippen LogP contribution < -0.4 is 10.1 Å². The third-order valence-electron chi connectivity index (χ3n) is 4.88. The number of fused-ring (bicyclic) bond motifs is 1. The lowest BCUT2D eigenvalue weighted by atomic mass is 10.0. The van der Waals surface area contributed by atoms with Crippen molar-refractivity contribution in [1.29, 1.82) is 0 Å². The Morgan fingerprint density at radius 3 is 2.79 bits per heavy atom. The number of nitrogens with zero attached hydrogens (tertiary/aromatic N) is 1. The van der Waals surface area contributed by atoms with Gasteiger partial charge in [0.1, 0.15) is 11.8 Å². The van der Waals surface area contributed by atoms with Gasteiger partial charge >= 0.3 is 0 Å². The van der Waals surface area contributed by atoms with Gasteiger partial charge in [-0.05, 0) is 49.2 Å². The van der Waals surface area contributed by atoms with Crippen LogP contribution in [-0.2, 0) is 16.1 Å². The SMILES string of the molecule is CCOc1cccc(Sc2cccc3c2CN(C2CCC(=O)NC2=O)C3=O)c1. The Morgan fingerprint density at radius 1 is 1.18 bits per heavy atom. The minimum Gasteiger partial charge on any atom is -0.494 e. The molecule has 0 bridgehead atoms. The van der Waals surface area contributed by atoms with Crippen molar-refractivity contribution in [2.45, 2.75) is 42.1 Å². The molecule has 2 aliphatic heterocycles. The normalized spacial score (nSPS) is 18.8. The summed E-state index contributed by atoms with van der Waals surface area (Å²) in [6.45, 7) is 2.91. The molecule has 7 heteroatoms. The first-order valence-corrected chi connectivity index (χ1v) is 10.1. The highest BCUT2D eigenvalue weighted by Crippen LogP contribution is 2.38. The predicted octanol–water partition coefficient (Wildman–Crippen LogP) is 3.00. The molecule has 2 heterocycles. The van der Waals surface area contributed by atoms with Gasteiger partial charge in [0.15, 0.2) is 0 Å². The van der Waals surface area contributed by atoms with E-state index in [4.69, 9.17) is 4.74 Å². The number of carbonyl (C=O) groups is 3. The summed E-state index contributed by atoms with van der Waals surface area (Å²) >= 11 is 1.57. The van der Waals surface area contributed by atoms with Crippen molar-refractivity contribution in [2.75, 3.05) is 6.61 Å². The van der Waals surface area contributed by atoms with E-state index in [2.05, 4.69) is 5.32 Å². The van der Waals surface area contributed by atoms with Gasteiger partial charge in [0.05, 0.1) is 6.61 Å². The van der Waals surface area contributed by atoms with Gasteiger partial charge in [0.2, 0.25) is 11.8 Å². The monoisotopic (exact) mass is 396 g/mol. The van der Waals surface area contributed by atoms with Gasteiger partial charge in [0.25, 0.3) is 5.91 Å². The number of rotatable bonds is 5. The van der Waals surface area contributed by atoms with Gasteiger partial charge < -0.3 is 9.64 Å². The molecule has 3 amide bonds. The van der Waals surface area contributed by atoms with Gasteiger partial charge in [-0.15, -0.1) is 0 Å². The molecular formula is C21H20N2O4S. The van der Waals surface area contributed by atoms with Crippen LogP contribution >= 0.6 is 11.8 Å². The lowest BCUT2D eigenvalue weighted by molar-refractivity contribution is -0.136. The van der Waals surface area contributed by atoms with Crippen LogP contribution in [0.5, 0.6) is 5.75 Å². The third-order valence-corrected chi connectivity index (χ3v) is 5.98. The number of nitrogens with one attached hydrogen (secondary N) is 1. The minimum atomic E-state index is -0.600. The Balaban J connectivity index is 1.59. The molecule has 1 saturated heterocycles. The number of ether oxygens (including phenoxy) is 1. The Labute approximate surface area is 167 Å². The van der Waals surface area contributed by atoms with Gasteiger partial charge in [-0.1, -0.05) is 23.9 Å². The van der Waals surface area contributed by atoms with Crippen LogP contribution in [0, 0.1) is 0 Å². The van der Waals surface area contributed by atoms with E-state index in [9.17, 15) is 14.4 Å². The highest BCUT2D eigenvalue weighted by Gasteiger charge is 2.39. The topological polar surface area (TPSA) is 75.7 Å². The molecule has 6 nitrogen and oxygen atoms in total. The maximum atomic E-state index is 12.9. The van der Waals surface area contributed by atoms with E-state index in [1.54, 1.807) is 22.7 Å². The van der Waals surface area contributed by atoms with Crippen molar-refractivity contribution in [3.63, 3.8) is 0 Å². The summed E-state index contributed by atoms with van der Waals surface area (Å²) in [6.07, 6.45) is 0.617. The zero-order valence-electron chi connectivity index (χ0n) is 15.4. The lowest BCUT2D eigenvalue weighted by Gasteiger charge is -2.29. The second-order valence-electron chi connectivity index (χ2n) is 6.69. The van der Waals surface area contributed by atoms with Crippen LogP contribution in [0.3, 0.4) is 0 Å². The number of hydrogen-bond donors (Lipinski definition) is 1. The zero-order chi connectivity index (χ0) is 19.7. The number of amides is 3. The number of hydrogen-bond acceptors (Lipinski definition) is 5. The smallest absolute Gasteiger partial charge is 0.255 e. The van der Waals surface area contributed by atoms with Crippen LogP contribution in [0.2, 0.25) is 0 Å². The fraction of sp³-hybridized carbons (Fsp3) is 0.286. The second kappa shape index (κ2) is 7.67. The van der Waals surface area contributed by atoms with Crippen LogP contribution in [0.4, 0.5) is 0 Å². The Bertz CT molecular complexity index is 959. The fourth-order valence-corrected chi connectivity index (χ4v) is 4.59. The molecule has 0 spiro atoms. The van der Waals surface area contributed by atoms with Crippen molar-refractivity contribution >= 4 is 29.5 Å². The Kier molecular flexibility index (Phi) is 5.09. The van der Waals surface area contributed by atoms with Crippen molar-refractivity contribution in [1.82, 2.24) is 10.2 Å².